The van der Waals surface area contributed by atoms with Crippen LogP contribution in [0.5, 0.6) is 0 Å². The molecule has 0 aliphatic rings. The van der Waals surface area contributed by atoms with E-state index in [2.05, 4.69) is 25.8 Å². The molecular weight excluding hydrogens is 176 g/mol. The summed E-state index contributed by atoms with van der Waals surface area (Å²) in [7, 11) is 1.43. The van der Waals surface area contributed by atoms with Crippen molar-refractivity contribution in [3.8, 4) is 0 Å². The molecule has 0 unspecified atom stereocenters. The zero-order valence-electron chi connectivity index (χ0n) is 6.83. The highest BCUT2D eigenvalue weighted by atomic mass is 16.5. The summed E-state index contributed by atoms with van der Waals surface area (Å²) in [5.41, 5.74) is 4.47. The van der Waals surface area contributed by atoms with E-state index in [4.69, 9.17) is 0 Å². The normalized spacial score (nSPS) is 9.00. The number of nitrogens with one attached hydrogen (secondary N) is 3. The first-order chi connectivity index (χ1) is 6.24. The van der Waals surface area contributed by atoms with Crippen LogP contribution in [0, 0.1) is 0 Å². The van der Waals surface area contributed by atoms with Gasteiger partial charge in [0.15, 0.2) is 0 Å². The summed E-state index contributed by atoms with van der Waals surface area (Å²) in [6, 6.07) is -0.509. The minimum absolute atomic E-state index is 0.233. The van der Waals surface area contributed by atoms with Crippen molar-refractivity contribution in [2.45, 2.75) is 0 Å². The molecule has 13 heavy (non-hydrogen) atoms. The van der Waals surface area contributed by atoms with Gasteiger partial charge in [0.05, 0.1) is 6.20 Å². The number of urea groups is 1. The number of hydrogen-bond acceptors (Lipinski definition) is 4. The van der Waals surface area contributed by atoms with E-state index < -0.39 is 11.9 Å². The Morgan fingerprint density at radius 1 is 1.46 bits per heavy atom. The van der Waals surface area contributed by atoms with E-state index in [-0.39, 0.29) is 5.56 Å². The van der Waals surface area contributed by atoms with Gasteiger partial charge < -0.3 is 9.84 Å². The quantitative estimate of drug-likeness (QED) is 0.500. The van der Waals surface area contributed by atoms with E-state index in [0.29, 0.717) is 0 Å². The van der Waals surface area contributed by atoms with E-state index in [0.717, 1.165) is 0 Å². The van der Waals surface area contributed by atoms with Crippen LogP contribution in [0.15, 0.2) is 17.0 Å². The number of carbonyl (C=O) groups excluding carboxylic acids is 2. The van der Waals surface area contributed by atoms with Gasteiger partial charge >= 0.3 is 6.03 Å². The molecule has 7 heteroatoms. The third kappa shape index (κ3) is 2.47. The first-order valence-corrected chi connectivity index (χ1v) is 3.41. The van der Waals surface area contributed by atoms with E-state index >= 15 is 0 Å². The summed E-state index contributed by atoms with van der Waals surface area (Å²) < 4.78 is 4.43. The third-order valence-electron chi connectivity index (χ3n) is 1.21. The number of hydrogen-bond donors (Lipinski definition) is 3. The maximum absolute atomic E-state index is 11.1. The SMILES string of the molecule is CNC(=O)NNC(=O)c1cnoc1. The fourth-order valence-electron chi connectivity index (χ4n) is 0.565. The maximum Gasteiger partial charge on any atom is 0.333 e. The van der Waals surface area contributed by atoms with Crippen LogP contribution in [0.1, 0.15) is 10.4 Å². The first kappa shape index (κ1) is 9.04. The van der Waals surface area contributed by atoms with Gasteiger partial charge in [-0.05, 0) is 0 Å². The van der Waals surface area contributed by atoms with Crippen LogP contribution < -0.4 is 16.2 Å². The fourth-order valence-corrected chi connectivity index (χ4v) is 0.565. The molecule has 0 fully saturated rings. The molecule has 1 aromatic rings. The lowest BCUT2D eigenvalue weighted by molar-refractivity contribution is 0.0936. The van der Waals surface area contributed by atoms with Gasteiger partial charge in [0.25, 0.3) is 5.91 Å². The van der Waals surface area contributed by atoms with Crippen molar-refractivity contribution in [2.75, 3.05) is 7.05 Å². The second-order valence-electron chi connectivity index (χ2n) is 2.07. The minimum atomic E-state index is -0.509. The van der Waals surface area contributed by atoms with Crippen molar-refractivity contribution in [1.82, 2.24) is 21.3 Å². The molecule has 0 bridgehead atoms. The Labute approximate surface area is 73.4 Å². The molecule has 3 amide bonds. The molecule has 1 heterocycles. The molecule has 0 radical (unpaired) electrons. The van der Waals surface area contributed by atoms with Crippen molar-refractivity contribution < 1.29 is 14.1 Å². The largest absolute Gasteiger partial charge is 0.364 e. The molecular formula is C6H8N4O3. The average molecular weight is 184 g/mol. The van der Waals surface area contributed by atoms with Gasteiger partial charge in [-0.25, -0.2) is 10.2 Å². The van der Waals surface area contributed by atoms with Gasteiger partial charge in [0.1, 0.15) is 11.8 Å². The number of carbonyl (C=O) groups is 2. The highest BCUT2D eigenvalue weighted by Gasteiger charge is 2.07. The van der Waals surface area contributed by atoms with Crippen molar-refractivity contribution in [3.05, 3.63) is 18.0 Å². The van der Waals surface area contributed by atoms with Crippen LogP contribution in [-0.2, 0) is 0 Å². The molecule has 0 saturated heterocycles. The summed E-state index contributed by atoms with van der Waals surface area (Å²) in [5, 5.41) is 5.59. The fraction of sp³-hybridized carbons (Fsp3) is 0.167. The van der Waals surface area contributed by atoms with Crippen LogP contribution >= 0.6 is 0 Å². The summed E-state index contributed by atoms with van der Waals surface area (Å²) in [6.45, 7) is 0. The lowest BCUT2D eigenvalue weighted by Gasteiger charge is -2.03. The number of aromatic nitrogens is 1. The summed E-state index contributed by atoms with van der Waals surface area (Å²) in [4.78, 5) is 21.7. The van der Waals surface area contributed by atoms with Gasteiger partial charge in [-0.1, -0.05) is 5.16 Å². The molecule has 0 aliphatic carbocycles. The lowest BCUT2D eigenvalue weighted by atomic mass is 10.4. The number of rotatable bonds is 1. The Kier molecular flexibility index (Phi) is 2.85. The average Bonchev–Trinajstić information content (AvgIpc) is 2.66. The van der Waals surface area contributed by atoms with Gasteiger partial charge in [0.2, 0.25) is 0 Å². The summed E-state index contributed by atoms with van der Waals surface area (Å²) >= 11 is 0. The highest BCUT2D eigenvalue weighted by molar-refractivity contribution is 5.94. The molecule has 0 saturated carbocycles. The highest BCUT2D eigenvalue weighted by Crippen LogP contribution is 1.93. The van der Waals surface area contributed by atoms with Gasteiger partial charge in [-0.15, -0.1) is 0 Å². The first-order valence-electron chi connectivity index (χ1n) is 3.41. The second-order valence-corrected chi connectivity index (χ2v) is 2.07. The standard InChI is InChI=1S/C6H8N4O3/c1-7-6(12)10-9-5(11)4-2-8-13-3-4/h2-3H,1H3,(H,9,11)(H2,7,10,12). The molecule has 1 aromatic heterocycles. The van der Waals surface area contributed by atoms with Crippen LogP contribution in [-0.4, -0.2) is 24.1 Å². The van der Waals surface area contributed by atoms with Gasteiger partial charge in [-0.2, -0.15) is 0 Å². The number of nitrogens with zero attached hydrogens (tertiary/aromatic N) is 1. The molecule has 0 spiro atoms. The monoisotopic (exact) mass is 184 g/mol. The van der Waals surface area contributed by atoms with Crippen LogP contribution in [0.3, 0.4) is 0 Å². The van der Waals surface area contributed by atoms with E-state index in [1.165, 1.54) is 19.5 Å². The van der Waals surface area contributed by atoms with Crippen molar-refractivity contribution >= 4 is 11.9 Å². The summed E-state index contributed by atoms with van der Waals surface area (Å²) in [6.07, 6.45) is 2.40. The molecule has 70 valence electrons. The maximum atomic E-state index is 11.1. The zero-order valence-corrected chi connectivity index (χ0v) is 6.83. The Balaban J connectivity index is 2.39. The number of amides is 3. The Morgan fingerprint density at radius 2 is 2.23 bits per heavy atom. The molecule has 0 aliphatic heterocycles. The predicted molar refractivity (Wildman–Crippen MR) is 41.6 cm³/mol. The Bertz CT molecular complexity index is 295. The van der Waals surface area contributed by atoms with E-state index in [1.54, 1.807) is 0 Å². The smallest absolute Gasteiger partial charge is 0.333 e. The molecule has 0 aromatic carbocycles. The predicted octanol–water partition coefficient (Wildman–Crippen LogP) is -0.752. The van der Waals surface area contributed by atoms with Crippen molar-refractivity contribution in [3.63, 3.8) is 0 Å². The molecule has 0 atom stereocenters. The van der Waals surface area contributed by atoms with Gasteiger partial charge in [0, 0.05) is 7.05 Å². The zero-order chi connectivity index (χ0) is 9.68. The van der Waals surface area contributed by atoms with Crippen LogP contribution in [0.25, 0.3) is 0 Å². The van der Waals surface area contributed by atoms with Gasteiger partial charge in [-0.3, -0.25) is 10.2 Å². The second kappa shape index (κ2) is 4.10. The topological polar surface area (TPSA) is 96.3 Å². The molecule has 3 N–H and O–H groups in total. The Morgan fingerprint density at radius 3 is 2.77 bits per heavy atom. The lowest BCUT2D eigenvalue weighted by Crippen LogP contribution is -2.45. The van der Waals surface area contributed by atoms with Crippen LogP contribution in [0.4, 0.5) is 4.79 Å². The van der Waals surface area contributed by atoms with Crippen molar-refractivity contribution in [1.29, 1.82) is 0 Å². The third-order valence-corrected chi connectivity index (χ3v) is 1.21. The molecule has 1 rings (SSSR count). The Hall–Kier alpha value is -2.05. The van der Waals surface area contributed by atoms with Crippen LogP contribution in [0.2, 0.25) is 0 Å². The summed E-state index contributed by atoms with van der Waals surface area (Å²) in [5.74, 6) is -0.496. The number of hydrazine groups is 1. The van der Waals surface area contributed by atoms with E-state index in [1.807, 2.05) is 0 Å². The minimum Gasteiger partial charge on any atom is -0.364 e. The van der Waals surface area contributed by atoms with E-state index in [9.17, 15) is 9.59 Å². The van der Waals surface area contributed by atoms with Crippen molar-refractivity contribution in [2.24, 2.45) is 0 Å². The molecule has 7 nitrogen and oxygen atoms in total.